The van der Waals surface area contributed by atoms with E-state index in [1.54, 1.807) is 18.2 Å². The summed E-state index contributed by atoms with van der Waals surface area (Å²) in [5.41, 5.74) is 1.95. The molecular formula is C19H13N3O5S. The number of nitrogens with zero attached hydrogens (tertiary/aromatic N) is 1. The van der Waals surface area contributed by atoms with Gasteiger partial charge >= 0.3 is 6.03 Å². The zero-order valence-corrected chi connectivity index (χ0v) is 15.0. The van der Waals surface area contributed by atoms with Crippen molar-refractivity contribution in [1.82, 2.24) is 9.71 Å². The number of phenolic OH excluding ortho intramolecular Hbond substituents is 1. The Kier molecular flexibility index (Phi) is 4.73. The number of urea groups is 1. The number of nitrogens with one attached hydrogen (secondary N) is 2. The van der Waals surface area contributed by atoms with Crippen LogP contribution in [-0.2, 0) is 0 Å². The maximum atomic E-state index is 12.0. The zero-order valence-electron chi connectivity index (χ0n) is 14.2. The highest BCUT2D eigenvalue weighted by molar-refractivity contribution is 8.12. The Bertz CT molecular complexity index is 1120. The van der Waals surface area contributed by atoms with Crippen molar-refractivity contribution < 1.29 is 23.5 Å². The highest BCUT2D eigenvalue weighted by Crippen LogP contribution is 2.33. The van der Waals surface area contributed by atoms with Crippen LogP contribution in [0, 0.1) is 0 Å². The van der Waals surface area contributed by atoms with Crippen molar-refractivity contribution in [3.8, 4) is 17.2 Å². The molecule has 0 saturated heterocycles. The van der Waals surface area contributed by atoms with Crippen LogP contribution < -0.4 is 10.0 Å². The smallest absolute Gasteiger partial charge is 0.329 e. The second-order valence-electron chi connectivity index (χ2n) is 5.64. The average Bonchev–Trinajstić information content (AvgIpc) is 3.37. The molecule has 0 saturated carbocycles. The number of benzene rings is 2. The average molecular weight is 395 g/mol. The molecule has 0 aliphatic heterocycles. The topological polar surface area (TPSA) is 118 Å². The van der Waals surface area contributed by atoms with Gasteiger partial charge in [0.25, 0.3) is 5.12 Å². The molecule has 0 aliphatic carbocycles. The monoisotopic (exact) mass is 395 g/mol. The Labute approximate surface area is 162 Å². The minimum Gasteiger partial charge on any atom is -0.507 e. The molecule has 2 aromatic heterocycles. The maximum Gasteiger partial charge on any atom is 0.329 e. The fraction of sp³-hybridized carbons (Fsp3) is 0. The number of rotatable bonds is 3. The molecule has 2 aromatic carbocycles. The maximum absolute atomic E-state index is 12.0. The van der Waals surface area contributed by atoms with Crippen molar-refractivity contribution in [3.05, 3.63) is 66.6 Å². The first-order chi connectivity index (χ1) is 13.6. The van der Waals surface area contributed by atoms with Crippen LogP contribution in [0.2, 0.25) is 0 Å². The molecule has 0 fully saturated rings. The van der Waals surface area contributed by atoms with E-state index in [0.29, 0.717) is 34.3 Å². The molecule has 140 valence electrons. The van der Waals surface area contributed by atoms with Gasteiger partial charge in [0.1, 0.15) is 11.3 Å². The summed E-state index contributed by atoms with van der Waals surface area (Å²) in [6.07, 6.45) is 1.37. The highest BCUT2D eigenvalue weighted by Gasteiger charge is 2.15. The van der Waals surface area contributed by atoms with Crippen molar-refractivity contribution in [1.29, 1.82) is 0 Å². The second-order valence-corrected chi connectivity index (χ2v) is 6.42. The fourth-order valence-electron chi connectivity index (χ4n) is 2.47. The van der Waals surface area contributed by atoms with Crippen molar-refractivity contribution in [2.45, 2.75) is 0 Å². The van der Waals surface area contributed by atoms with Gasteiger partial charge in [0.15, 0.2) is 11.3 Å². The van der Waals surface area contributed by atoms with E-state index >= 15 is 0 Å². The molecule has 4 aromatic rings. The molecule has 2 amide bonds. The van der Waals surface area contributed by atoms with Gasteiger partial charge in [0.2, 0.25) is 5.89 Å². The lowest BCUT2D eigenvalue weighted by atomic mass is 10.1. The number of hydrogen-bond acceptors (Lipinski definition) is 7. The summed E-state index contributed by atoms with van der Waals surface area (Å²) in [5.74, 6) is 0.318. The fourth-order valence-corrected chi connectivity index (χ4v) is 2.92. The second kappa shape index (κ2) is 7.49. The van der Waals surface area contributed by atoms with Gasteiger partial charge in [-0.2, -0.15) is 0 Å². The van der Waals surface area contributed by atoms with Crippen LogP contribution in [0.4, 0.5) is 10.5 Å². The summed E-state index contributed by atoms with van der Waals surface area (Å²) in [4.78, 5) is 28.2. The molecule has 9 heteroatoms. The SMILES string of the molecule is O=C(NSC(=O)c1ccco1)Nc1ccc(O)c(-c2nc3ccccc3o2)c1. The van der Waals surface area contributed by atoms with Crippen LogP contribution in [0.1, 0.15) is 10.6 Å². The third-order valence-corrected chi connectivity index (χ3v) is 4.41. The lowest BCUT2D eigenvalue weighted by Crippen LogP contribution is -2.24. The molecule has 0 aliphatic rings. The Morgan fingerprint density at radius 2 is 1.93 bits per heavy atom. The molecule has 2 heterocycles. The van der Waals surface area contributed by atoms with Gasteiger partial charge in [-0.15, -0.1) is 0 Å². The number of aromatic nitrogens is 1. The van der Waals surface area contributed by atoms with Gasteiger partial charge in [0.05, 0.1) is 11.8 Å². The summed E-state index contributed by atoms with van der Waals surface area (Å²) >= 11 is 0.593. The third-order valence-electron chi connectivity index (χ3n) is 3.74. The molecule has 0 radical (unpaired) electrons. The summed E-state index contributed by atoms with van der Waals surface area (Å²) in [5, 5.41) is 12.3. The molecule has 8 nitrogen and oxygen atoms in total. The lowest BCUT2D eigenvalue weighted by Gasteiger charge is -2.08. The van der Waals surface area contributed by atoms with Crippen molar-refractivity contribution in [2.75, 3.05) is 5.32 Å². The molecular weight excluding hydrogens is 382 g/mol. The van der Waals surface area contributed by atoms with E-state index in [4.69, 9.17) is 8.83 Å². The number of hydrogen-bond donors (Lipinski definition) is 3. The Morgan fingerprint density at radius 1 is 1.07 bits per heavy atom. The van der Waals surface area contributed by atoms with Crippen molar-refractivity contribution in [3.63, 3.8) is 0 Å². The molecule has 0 atom stereocenters. The minimum absolute atomic E-state index is 0.0418. The Hall–Kier alpha value is -3.72. The van der Waals surface area contributed by atoms with Gasteiger partial charge in [0, 0.05) is 17.6 Å². The van der Waals surface area contributed by atoms with Gasteiger partial charge in [-0.05, 0) is 42.5 Å². The van der Waals surface area contributed by atoms with E-state index < -0.39 is 11.1 Å². The van der Waals surface area contributed by atoms with Gasteiger partial charge in [-0.1, -0.05) is 12.1 Å². The number of para-hydroxylation sites is 2. The number of oxazole rings is 1. The number of aromatic hydroxyl groups is 1. The predicted molar refractivity (Wildman–Crippen MR) is 104 cm³/mol. The third kappa shape index (κ3) is 3.69. The number of furan rings is 1. The van der Waals surface area contributed by atoms with Crippen LogP contribution in [0.25, 0.3) is 22.6 Å². The normalized spacial score (nSPS) is 10.7. The summed E-state index contributed by atoms with van der Waals surface area (Å²) in [7, 11) is 0. The number of phenols is 1. The van der Waals surface area contributed by atoms with E-state index in [-0.39, 0.29) is 17.4 Å². The summed E-state index contributed by atoms with van der Waals surface area (Å²) < 4.78 is 13.0. The van der Waals surface area contributed by atoms with Crippen molar-refractivity contribution >= 4 is 39.9 Å². The van der Waals surface area contributed by atoms with Crippen molar-refractivity contribution in [2.24, 2.45) is 0 Å². The quantitative estimate of drug-likeness (QED) is 0.347. The van der Waals surface area contributed by atoms with Crippen LogP contribution in [0.15, 0.2) is 69.7 Å². The Morgan fingerprint density at radius 3 is 2.71 bits per heavy atom. The number of anilines is 1. The lowest BCUT2D eigenvalue weighted by molar-refractivity contribution is 0.106. The van der Waals surface area contributed by atoms with Crippen LogP contribution in [0.5, 0.6) is 5.75 Å². The molecule has 4 rings (SSSR count). The molecule has 28 heavy (non-hydrogen) atoms. The van der Waals surface area contributed by atoms with E-state index in [9.17, 15) is 14.7 Å². The molecule has 0 spiro atoms. The zero-order chi connectivity index (χ0) is 19.5. The van der Waals surface area contributed by atoms with Gasteiger partial charge in [-0.3, -0.25) is 9.52 Å². The minimum atomic E-state index is -0.612. The highest BCUT2D eigenvalue weighted by atomic mass is 32.2. The van der Waals surface area contributed by atoms with Crippen LogP contribution >= 0.6 is 11.9 Å². The van der Waals surface area contributed by atoms with Crippen LogP contribution in [-0.4, -0.2) is 21.2 Å². The first-order valence-corrected chi connectivity index (χ1v) is 8.92. The Balaban J connectivity index is 1.47. The molecule has 0 bridgehead atoms. The van der Waals surface area contributed by atoms with Gasteiger partial charge < -0.3 is 19.3 Å². The first kappa shape index (κ1) is 17.7. The first-order valence-electron chi connectivity index (χ1n) is 8.11. The largest absolute Gasteiger partial charge is 0.507 e. The summed E-state index contributed by atoms with van der Waals surface area (Å²) in [6.45, 7) is 0. The number of fused-ring (bicyclic) bond motifs is 1. The van der Waals surface area contributed by atoms with E-state index in [0.717, 1.165) is 0 Å². The number of amides is 2. The van der Waals surface area contributed by atoms with Gasteiger partial charge in [-0.25, -0.2) is 9.78 Å². The molecule has 0 unspecified atom stereocenters. The van der Waals surface area contributed by atoms with E-state index in [2.05, 4.69) is 15.0 Å². The van der Waals surface area contributed by atoms with Crippen LogP contribution in [0.3, 0.4) is 0 Å². The standard InChI is InChI=1S/C19H13N3O5S/c23-14-8-7-11(20-19(25)22-28-18(24)16-6-3-9-26-16)10-12(14)17-21-13-4-1-2-5-15(13)27-17/h1-10,23H,(H2,20,22,25). The predicted octanol–water partition coefficient (Wildman–Crippen LogP) is 4.40. The number of carbonyl (C=O) groups excluding carboxylic acids is 2. The number of carbonyl (C=O) groups is 2. The summed E-state index contributed by atoms with van der Waals surface area (Å²) in [6, 6.07) is 14.1. The molecule has 3 N–H and O–H groups in total. The van der Waals surface area contributed by atoms with E-state index in [1.807, 2.05) is 12.1 Å². The van der Waals surface area contributed by atoms with E-state index in [1.165, 1.54) is 30.5 Å².